The van der Waals surface area contributed by atoms with Crippen LogP contribution in [0, 0.1) is 6.92 Å². The second kappa shape index (κ2) is 6.31. The molecule has 0 atom stereocenters. The molecule has 114 valence electrons. The van der Waals surface area contributed by atoms with Crippen LogP contribution in [0.15, 0.2) is 30.5 Å². The summed E-state index contributed by atoms with van der Waals surface area (Å²) in [6, 6.07) is 8.24. The molecule has 21 heavy (non-hydrogen) atoms. The minimum atomic E-state index is 0.0853. The molecule has 0 aliphatic heterocycles. The van der Waals surface area contributed by atoms with E-state index in [-0.39, 0.29) is 5.54 Å². The molecule has 1 aromatic heterocycles. The summed E-state index contributed by atoms with van der Waals surface area (Å²) in [5.74, 6) is 0.958. The first-order chi connectivity index (χ1) is 9.85. The molecular formula is C17H25N3O. The van der Waals surface area contributed by atoms with Crippen LogP contribution in [0.5, 0.6) is 5.75 Å². The van der Waals surface area contributed by atoms with Gasteiger partial charge in [-0.05, 0) is 39.3 Å². The van der Waals surface area contributed by atoms with Crippen molar-refractivity contribution >= 4 is 0 Å². The van der Waals surface area contributed by atoms with Crippen molar-refractivity contribution in [3.8, 4) is 5.75 Å². The highest BCUT2D eigenvalue weighted by atomic mass is 16.5. The van der Waals surface area contributed by atoms with E-state index in [4.69, 9.17) is 4.74 Å². The van der Waals surface area contributed by atoms with E-state index >= 15 is 0 Å². The van der Waals surface area contributed by atoms with E-state index in [0.717, 1.165) is 23.6 Å². The van der Waals surface area contributed by atoms with Crippen LogP contribution in [0.2, 0.25) is 0 Å². The lowest BCUT2D eigenvalue weighted by atomic mass is 10.1. The smallest absolute Gasteiger partial charge is 0.132 e. The van der Waals surface area contributed by atoms with E-state index in [1.807, 2.05) is 19.3 Å². The standard InChI is InChI=1S/C17H25N3O/c1-13-7-6-8-14(11-18-17(2,3)4)16(13)21-12-15-9-10-20(5)19-15/h6-10,18H,11-12H2,1-5H3. The fourth-order valence-electron chi connectivity index (χ4n) is 2.11. The van der Waals surface area contributed by atoms with Crippen molar-refractivity contribution in [2.45, 2.75) is 46.4 Å². The molecule has 4 heteroatoms. The normalized spacial score (nSPS) is 11.7. The van der Waals surface area contributed by atoms with Gasteiger partial charge in [-0.15, -0.1) is 0 Å². The van der Waals surface area contributed by atoms with Gasteiger partial charge in [-0.2, -0.15) is 5.10 Å². The average Bonchev–Trinajstić information content (AvgIpc) is 2.80. The third-order valence-corrected chi connectivity index (χ3v) is 3.24. The first-order valence-corrected chi connectivity index (χ1v) is 7.30. The van der Waals surface area contributed by atoms with E-state index in [2.05, 4.69) is 56.3 Å². The van der Waals surface area contributed by atoms with Crippen molar-refractivity contribution in [1.29, 1.82) is 0 Å². The van der Waals surface area contributed by atoms with E-state index < -0.39 is 0 Å². The van der Waals surface area contributed by atoms with Gasteiger partial charge in [0, 0.05) is 30.9 Å². The summed E-state index contributed by atoms with van der Waals surface area (Å²) in [6.45, 7) is 9.86. The minimum Gasteiger partial charge on any atom is -0.487 e. The van der Waals surface area contributed by atoms with Gasteiger partial charge in [-0.3, -0.25) is 4.68 Å². The first-order valence-electron chi connectivity index (χ1n) is 7.30. The molecule has 0 spiro atoms. The Kier molecular flexibility index (Phi) is 4.68. The molecular weight excluding hydrogens is 262 g/mol. The van der Waals surface area contributed by atoms with E-state index in [9.17, 15) is 0 Å². The number of benzene rings is 1. The molecule has 2 rings (SSSR count). The van der Waals surface area contributed by atoms with Crippen LogP contribution in [0.4, 0.5) is 0 Å². The van der Waals surface area contributed by atoms with Gasteiger partial charge < -0.3 is 10.1 Å². The van der Waals surface area contributed by atoms with Crippen molar-refractivity contribution < 1.29 is 4.74 Å². The lowest BCUT2D eigenvalue weighted by molar-refractivity contribution is 0.292. The monoisotopic (exact) mass is 287 g/mol. The van der Waals surface area contributed by atoms with Crippen LogP contribution in [0.1, 0.15) is 37.6 Å². The number of aryl methyl sites for hydroxylation is 2. The summed E-state index contributed by atoms with van der Waals surface area (Å²) < 4.78 is 7.81. The SMILES string of the molecule is Cc1cccc(CNC(C)(C)C)c1OCc1ccn(C)n1. The maximum Gasteiger partial charge on any atom is 0.132 e. The quantitative estimate of drug-likeness (QED) is 0.918. The Labute approximate surface area is 127 Å². The number of hydrogen-bond acceptors (Lipinski definition) is 3. The van der Waals surface area contributed by atoms with Gasteiger partial charge in [0.1, 0.15) is 12.4 Å². The Morgan fingerprint density at radius 2 is 2.00 bits per heavy atom. The van der Waals surface area contributed by atoms with Crippen molar-refractivity contribution in [2.75, 3.05) is 0 Å². The van der Waals surface area contributed by atoms with Crippen molar-refractivity contribution in [3.05, 3.63) is 47.3 Å². The van der Waals surface area contributed by atoms with Gasteiger partial charge in [-0.1, -0.05) is 18.2 Å². The Bertz CT molecular complexity index is 596. The lowest BCUT2D eigenvalue weighted by Gasteiger charge is -2.22. The van der Waals surface area contributed by atoms with Gasteiger partial charge in [0.2, 0.25) is 0 Å². The molecule has 0 saturated carbocycles. The summed E-state index contributed by atoms with van der Waals surface area (Å²) in [4.78, 5) is 0. The zero-order valence-electron chi connectivity index (χ0n) is 13.6. The fraction of sp³-hybridized carbons (Fsp3) is 0.471. The van der Waals surface area contributed by atoms with Crippen LogP contribution < -0.4 is 10.1 Å². The maximum absolute atomic E-state index is 6.02. The Balaban J connectivity index is 2.10. The molecule has 0 radical (unpaired) electrons. The molecule has 0 aliphatic rings. The summed E-state index contributed by atoms with van der Waals surface area (Å²) in [6.07, 6.45) is 1.93. The van der Waals surface area contributed by atoms with Crippen LogP contribution in [0.25, 0.3) is 0 Å². The van der Waals surface area contributed by atoms with Crippen molar-refractivity contribution in [2.24, 2.45) is 7.05 Å². The predicted octanol–water partition coefficient (Wildman–Crippen LogP) is 3.20. The number of nitrogens with one attached hydrogen (secondary N) is 1. The number of aromatic nitrogens is 2. The molecule has 0 unspecified atom stereocenters. The number of para-hydroxylation sites is 1. The third-order valence-electron chi connectivity index (χ3n) is 3.24. The number of rotatable bonds is 5. The highest BCUT2D eigenvalue weighted by molar-refractivity contribution is 5.40. The largest absolute Gasteiger partial charge is 0.487 e. The molecule has 2 aromatic rings. The van der Waals surface area contributed by atoms with Crippen LogP contribution in [0.3, 0.4) is 0 Å². The number of nitrogens with zero attached hydrogens (tertiary/aromatic N) is 2. The molecule has 1 N–H and O–H groups in total. The summed E-state index contributed by atoms with van der Waals surface area (Å²) >= 11 is 0. The van der Waals surface area contributed by atoms with Crippen LogP contribution in [-0.2, 0) is 20.2 Å². The predicted molar refractivity (Wildman–Crippen MR) is 85.3 cm³/mol. The highest BCUT2D eigenvalue weighted by Gasteiger charge is 2.12. The molecule has 0 bridgehead atoms. The second-order valence-corrected chi connectivity index (χ2v) is 6.44. The Hall–Kier alpha value is -1.81. The Morgan fingerprint density at radius 3 is 2.62 bits per heavy atom. The summed E-state index contributed by atoms with van der Waals surface area (Å²) in [7, 11) is 1.91. The Morgan fingerprint density at radius 1 is 1.24 bits per heavy atom. The van der Waals surface area contributed by atoms with Crippen LogP contribution >= 0.6 is 0 Å². The van der Waals surface area contributed by atoms with Crippen LogP contribution in [-0.4, -0.2) is 15.3 Å². The minimum absolute atomic E-state index is 0.0853. The van der Waals surface area contributed by atoms with Gasteiger partial charge in [0.25, 0.3) is 0 Å². The fourth-order valence-corrected chi connectivity index (χ4v) is 2.11. The van der Waals surface area contributed by atoms with Crippen molar-refractivity contribution in [3.63, 3.8) is 0 Å². The summed E-state index contributed by atoms with van der Waals surface area (Å²) in [5, 5.41) is 7.85. The number of ether oxygens (including phenoxy) is 1. The van der Waals surface area contributed by atoms with Gasteiger partial charge in [0.05, 0.1) is 5.69 Å². The second-order valence-electron chi connectivity index (χ2n) is 6.44. The topological polar surface area (TPSA) is 39.1 Å². The van der Waals surface area contributed by atoms with E-state index in [1.165, 1.54) is 5.56 Å². The zero-order chi connectivity index (χ0) is 15.5. The van der Waals surface area contributed by atoms with E-state index in [1.54, 1.807) is 4.68 Å². The van der Waals surface area contributed by atoms with E-state index in [0.29, 0.717) is 6.61 Å². The first kappa shape index (κ1) is 15.6. The molecule has 0 fully saturated rings. The maximum atomic E-state index is 6.02. The molecule has 1 aromatic carbocycles. The third kappa shape index (κ3) is 4.60. The molecule has 0 aliphatic carbocycles. The van der Waals surface area contributed by atoms with Gasteiger partial charge in [-0.25, -0.2) is 0 Å². The molecule has 0 saturated heterocycles. The molecule has 4 nitrogen and oxygen atoms in total. The molecule has 1 heterocycles. The average molecular weight is 287 g/mol. The van der Waals surface area contributed by atoms with Gasteiger partial charge >= 0.3 is 0 Å². The highest BCUT2D eigenvalue weighted by Crippen LogP contribution is 2.24. The van der Waals surface area contributed by atoms with Crippen molar-refractivity contribution in [1.82, 2.24) is 15.1 Å². The number of hydrogen-bond donors (Lipinski definition) is 1. The summed E-state index contributed by atoms with van der Waals surface area (Å²) in [5.41, 5.74) is 3.36. The van der Waals surface area contributed by atoms with Gasteiger partial charge in [0.15, 0.2) is 0 Å². The zero-order valence-corrected chi connectivity index (χ0v) is 13.6. The lowest BCUT2D eigenvalue weighted by Crippen LogP contribution is -2.35. The molecule has 0 amide bonds.